The van der Waals surface area contributed by atoms with E-state index in [0.717, 1.165) is 16.1 Å². The van der Waals surface area contributed by atoms with Crippen LogP contribution in [-0.4, -0.2) is 14.4 Å². The minimum Gasteiger partial charge on any atom is -0.269 e. The minimum absolute atomic E-state index is 0.0644. The van der Waals surface area contributed by atoms with Crippen molar-refractivity contribution in [2.75, 3.05) is 0 Å². The van der Waals surface area contributed by atoms with E-state index in [-0.39, 0.29) is 5.56 Å². The number of thiophene rings is 1. The maximum atomic E-state index is 12.5. The van der Waals surface area contributed by atoms with Gasteiger partial charge in [0.2, 0.25) is 0 Å². The van der Waals surface area contributed by atoms with Crippen LogP contribution in [0.2, 0.25) is 0 Å². The largest absolute Gasteiger partial charge is 0.269 e. The van der Waals surface area contributed by atoms with Gasteiger partial charge < -0.3 is 0 Å². The summed E-state index contributed by atoms with van der Waals surface area (Å²) in [6.07, 6.45) is 7.23. The van der Waals surface area contributed by atoms with Crippen molar-refractivity contribution in [3.63, 3.8) is 0 Å². The van der Waals surface area contributed by atoms with Crippen molar-refractivity contribution < 1.29 is 0 Å². The van der Waals surface area contributed by atoms with Crippen LogP contribution in [-0.2, 0) is 0 Å². The van der Waals surface area contributed by atoms with Crippen LogP contribution in [0, 0.1) is 0 Å². The zero-order chi connectivity index (χ0) is 15.6. The van der Waals surface area contributed by atoms with Gasteiger partial charge in [0.25, 0.3) is 5.56 Å². The number of hydrogen-bond acceptors (Lipinski definition) is 5. The third-order valence-corrected chi connectivity index (χ3v) is 5.05. The number of nitrogens with zero attached hydrogens (tertiary/aromatic N) is 3. The summed E-state index contributed by atoms with van der Waals surface area (Å²) in [6, 6.07) is 9.37. The van der Waals surface area contributed by atoms with Crippen LogP contribution >= 0.6 is 22.7 Å². The lowest BCUT2D eigenvalue weighted by Gasteiger charge is -1.99. The van der Waals surface area contributed by atoms with Crippen molar-refractivity contribution >= 4 is 39.8 Å². The van der Waals surface area contributed by atoms with Gasteiger partial charge in [-0.25, -0.2) is 4.98 Å². The molecule has 0 atom stereocenters. The Bertz CT molecular complexity index is 1030. The van der Waals surface area contributed by atoms with Gasteiger partial charge in [0, 0.05) is 23.8 Å². The Morgan fingerprint density at radius 3 is 2.87 bits per heavy atom. The summed E-state index contributed by atoms with van der Waals surface area (Å²) in [7, 11) is 0. The van der Waals surface area contributed by atoms with Crippen molar-refractivity contribution in [3.8, 4) is 10.6 Å². The maximum Gasteiger partial charge on any atom is 0.259 e. The number of fused-ring (bicyclic) bond motifs is 1. The highest BCUT2D eigenvalue weighted by atomic mass is 32.1. The van der Waals surface area contributed by atoms with E-state index < -0.39 is 0 Å². The van der Waals surface area contributed by atoms with Gasteiger partial charge in [0.1, 0.15) is 0 Å². The van der Waals surface area contributed by atoms with Gasteiger partial charge in [-0.3, -0.25) is 14.2 Å². The van der Waals surface area contributed by atoms with Crippen LogP contribution < -0.4 is 5.56 Å². The topological polar surface area (TPSA) is 47.3 Å². The molecule has 4 rings (SSSR count). The first-order valence-electron chi connectivity index (χ1n) is 6.94. The second-order valence-electron chi connectivity index (χ2n) is 4.86. The molecule has 4 aromatic heterocycles. The summed E-state index contributed by atoms with van der Waals surface area (Å²) in [6.45, 7) is 0. The minimum atomic E-state index is -0.0644. The molecular weight excluding hydrogens is 326 g/mol. The molecule has 4 heterocycles. The van der Waals surface area contributed by atoms with Gasteiger partial charge in [-0.1, -0.05) is 18.2 Å². The second-order valence-corrected chi connectivity index (χ2v) is 6.64. The van der Waals surface area contributed by atoms with Crippen LogP contribution in [0.15, 0.2) is 58.3 Å². The van der Waals surface area contributed by atoms with Gasteiger partial charge in [-0.15, -0.1) is 22.7 Å². The molecule has 4 aromatic rings. The standard InChI is InChI=1S/C17H11N3OS2/c21-16-9-13(6-5-12-3-1-7-18-10-12)19-17-20(16)14(11-23-17)15-4-2-8-22-15/h1-11H. The monoisotopic (exact) mass is 337 g/mol. The average Bonchev–Trinajstić information content (AvgIpc) is 3.23. The summed E-state index contributed by atoms with van der Waals surface area (Å²) in [4.78, 5) is 22.9. The Kier molecular flexibility index (Phi) is 3.61. The maximum absolute atomic E-state index is 12.5. The first-order chi connectivity index (χ1) is 11.3. The zero-order valence-corrected chi connectivity index (χ0v) is 13.6. The van der Waals surface area contributed by atoms with Gasteiger partial charge in [0.05, 0.1) is 16.3 Å². The number of hydrogen-bond donors (Lipinski definition) is 0. The molecule has 0 unspecified atom stereocenters. The molecule has 0 saturated heterocycles. The predicted molar refractivity (Wildman–Crippen MR) is 95.8 cm³/mol. The fourth-order valence-corrected chi connectivity index (χ4v) is 3.98. The average molecular weight is 337 g/mol. The van der Waals surface area contributed by atoms with E-state index in [1.165, 1.54) is 11.3 Å². The molecule has 0 N–H and O–H groups in total. The lowest BCUT2D eigenvalue weighted by atomic mass is 10.2. The molecule has 0 bridgehead atoms. The smallest absolute Gasteiger partial charge is 0.259 e. The Morgan fingerprint density at radius 2 is 2.09 bits per heavy atom. The van der Waals surface area contributed by atoms with Crippen LogP contribution in [0.1, 0.15) is 11.3 Å². The van der Waals surface area contributed by atoms with Gasteiger partial charge in [-0.05, 0) is 29.2 Å². The van der Waals surface area contributed by atoms with Crippen molar-refractivity contribution in [3.05, 3.63) is 75.1 Å². The molecule has 4 nitrogen and oxygen atoms in total. The SMILES string of the molecule is O=c1cc(C=Cc2cccnc2)nc2scc(-c3cccs3)n12. The lowest BCUT2D eigenvalue weighted by Crippen LogP contribution is -2.13. The van der Waals surface area contributed by atoms with E-state index in [9.17, 15) is 4.79 Å². The van der Waals surface area contributed by atoms with E-state index in [0.29, 0.717) is 10.7 Å². The predicted octanol–water partition coefficient (Wildman–Crippen LogP) is 4.05. The third kappa shape index (κ3) is 2.74. The summed E-state index contributed by atoms with van der Waals surface area (Å²) in [5, 5.41) is 3.98. The normalized spacial score (nSPS) is 11.5. The molecule has 0 amide bonds. The quantitative estimate of drug-likeness (QED) is 0.566. The van der Waals surface area contributed by atoms with Crippen molar-refractivity contribution in [1.29, 1.82) is 0 Å². The Balaban J connectivity index is 1.77. The van der Waals surface area contributed by atoms with Crippen LogP contribution in [0.3, 0.4) is 0 Å². The molecule has 6 heteroatoms. The highest BCUT2D eigenvalue weighted by molar-refractivity contribution is 7.16. The number of thiazole rings is 1. The van der Waals surface area contributed by atoms with Crippen molar-refractivity contribution in [1.82, 2.24) is 14.4 Å². The van der Waals surface area contributed by atoms with Crippen molar-refractivity contribution in [2.45, 2.75) is 0 Å². The summed E-state index contributed by atoms with van der Waals surface area (Å²) < 4.78 is 1.66. The Morgan fingerprint density at radius 1 is 1.13 bits per heavy atom. The number of aromatic nitrogens is 3. The molecule has 0 saturated carbocycles. The van der Waals surface area contributed by atoms with E-state index >= 15 is 0 Å². The van der Waals surface area contributed by atoms with Crippen LogP contribution in [0.5, 0.6) is 0 Å². The molecule has 0 aliphatic heterocycles. The molecule has 112 valence electrons. The Hall–Kier alpha value is -2.57. The van der Waals surface area contributed by atoms with Crippen LogP contribution in [0.25, 0.3) is 27.7 Å². The fourth-order valence-electron chi connectivity index (χ4n) is 2.27. The molecule has 0 fully saturated rings. The molecule has 0 spiro atoms. The third-order valence-electron chi connectivity index (χ3n) is 3.33. The first kappa shape index (κ1) is 14.0. The van der Waals surface area contributed by atoms with E-state index in [1.54, 1.807) is 34.2 Å². The molecule has 23 heavy (non-hydrogen) atoms. The van der Waals surface area contributed by atoms with Crippen molar-refractivity contribution in [2.24, 2.45) is 0 Å². The number of rotatable bonds is 3. The van der Waals surface area contributed by atoms with E-state index in [4.69, 9.17) is 0 Å². The highest BCUT2D eigenvalue weighted by Gasteiger charge is 2.10. The van der Waals surface area contributed by atoms with E-state index in [2.05, 4.69) is 9.97 Å². The lowest BCUT2D eigenvalue weighted by molar-refractivity contribution is 1.08. The fraction of sp³-hybridized carbons (Fsp3) is 0. The summed E-state index contributed by atoms with van der Waals surface area (Å²) >= 11 is 3.09. The Labute approximate surface area is 140 Å². The summed E-state index contributed by atoms with van der Waals surface area (Å²) in [5.41, 5.74) is 2.46. The van der Waals surface area contributed by atoms with Crippen LogP contribution in [0.4, 0.5) is 0 Å². The number of pyridine rings is 1. The van der Waals surface area contributed by atoms with Gasteiger partial charge in [0.15, 0.2) is 4.96 Å². The first-order valence-corrected chi connectivity index (χ1v) is 8.70. The van der Waals surface area contributed by atoms with Gasteiger partial charge in [-0.2, -0.15) is 0 Å². The van der Waals surface area contributed by atoms with E-state index in [1.807, 2.05) is 47.2 Å². The second kappa shape index (κ2) is 5.91. The summed E-state index contributed by atoms with van der Waals surface area (Å²) in [5.74, 6) is 0. The molecule has 0 aliphatic rings. The molecule has 0 aromatic carbocycles. The highest BCUT2D eigenvalue weighted by Crippen LogP contribution is 2.27. The van der Waals surface area contributed by atoms with Gasteiger partial charge >= 0.3 is 0 Å². The molecule has 0 aliphatic carbocycles. The molecule has 0 radical (unpaired) electrons. The zero-order valence-electron chi connectivity index (χ0n) is 11.9. The molecular formula is C17H11N3OS2.